The van der Waals surface area contributed by atoms with E-state index in [0.29, 0.717) is 28.6 Å². The molecule has 0 saturated heterocycles. The van der Waals surface area contributed by atoms with Crippen molar-refractivity contribution in [3.63, 3.8) is 0 Å². The lowest BCUT2D eigenvalue weighted by atomic mass is 10.0. The zero-order valence-electron chi connectivity index (χ0n) is 17.7. The van der Waals surface area contributed by atoms with Gasteiger partial charge in [0.1, 0.15) is 16.3 Å². The van der Waals surface area contributed by atoms with Gasteiger partial charge >= 0.3 is 5.97 Å². The van der Waals surface area contributed by atoms with Gasteiger partial charge in [-0.25, -0.2) is 4.79 Å². The summed E-state index contributed by atoms with van der Waals surface area (Å²) >= 11 is 7.48. The minimum absolute atomic E-state index is 0.183. The van der Waals surface area contributed by atoms with Crippen LogP contribution in [0.25, 0.3) is 11.1 Å². The van der Waals surface area contributed by atoms with Gasteiger partial charge in [-0.05, 0) is 55.7 Å². The molecule has 0 fully saturated rings. The first-order valence-electron chi connectivity index (χ1n) is 9.86. The molecule has 3 rings (SSSR count). The summed E-state index contributed by atoms with van der Waals surface area (Å²) in [5, 5.41) is 3.91. The van der Waals surface area contributed by atoms with Gasteiger partial charge in [0.15, 0.2) is 0 Å². The van der Waals surface area contributed by atoms with E-state index in [9.17, 15) is 9.59 Å². The Balaban J connectivity index is 1.69. The van der Waals surface area contributed by atoms with Crippen LogP contribution in [0.1, 0.15) is 33.6 Å². The molecule has 31 heavy (non-hydrogen) atoms. The molecule has 0 atom stereocenters. The largest absolute Gasteiger partial charge is 0.494 e. The van der Waals surface area contributed by atoms with Gasteiger partial charge < -0.3 is 14.8 Å². The number of aryl methyl sites for hydroxylation is 2. The fourth-order valence-electron chi connectivity index (χ4n) is 3.24. The summed E-state index contributed by atoms with van der Waals surface area (Å²) in [7, 11) is 1.32. The van der Waals surface area contributed by atoms with Crippen LogP contribution in [-0.4, -0.2) is 25.6 Å². The average molecular weight is 458 g/mol. The predicted molar refractivity (Wildman–Crippen MR) is 125 cm³/mol. The molecule has 162 valence electrons. The van der Waals surface area contributed by atoms with Crippen LogP contribution in [0.3, 0.4) is 0 Å². The van der Waals surface area contributed by atoms with Crippen molar-refractivity contribution in [1.29, 1.82) is 0 Å². The lowest BCUT2D eigenvalue weighted by molar-refractivity contribution is -0.116. The van der Waals surface area contributed by atoms with Crippen LogP contribution >= 0.6 is 22.9 Å². The SMILES string of the molecule is COC(=O)c1c(NC(=O)CCCOc2cccc(C)c2)sc(C)c1-c1cccc(Cl)c1. The van der Waals surface area contributed by atoms with Crippen molar-refractivity contribution in [1.82, 2.24) is 0 Å². The maximum absolute atomic E-state index is 12.5. The summed E-state index contributed by atoms with van der Waals surface area (Å²) in [5.41, 5.74) is 2.98. The van der Waals surface area contributed by atoms with E-state index in [4.69, 9.17) is 21.1 Å². The number of amides is 1. The number of methoxy groups -OCH3 is 1. The number of carbonyl (C=O) groups is 2. The van der Waals surface area contributed by atoms with Crippen molar-refractivity contribution < 1.29 is 19.1 Å². The number of rotatable bonds is 8. The van der Waals surface area contributed by atoms with Crippen LogP contribution in [0.15, 0.2) is 48.5 Å². The normalized spacial score (nSPS) is 10.6. The van der Waals surface area contributed by atoms with Gasteiger partial charge in [-0.2, -0.15) is 0 Å². The number of hydrogen-bond donors (Lipinski definition) is 1. The molecule has 1 amide bonds. The van der Waals surface area contributed by atoms with E-state index >= 15 is 0 Å². The molecule has 0 saturated carbocycles. The smallest absolute Gasteiger partial charge is 0.341 e. The Bertz CT molecular complexity index is 1090. The summed E-state index contributed by atoms with van der Waals surface area (Å²) in [5.74, 6) is 0.0997. The van der Waals surface area contributed by atoms with E-state index in [0.717, 1.165) is 27.3 Å². The monoisotopic (exact) mass is 457 g/mol. The number of halogens is 1. The molecular formula is C24H24ClNO4S. The number of benzene rings is 2. The third-order valence-corrected chi connectivity index (χ3v) is 5.90. The highest BCUT2D eigenvalue weighted by Crippen LogP contribution is 2.41. The first kappa shape index (κ1) is 22.8. The first-order chi connectivity index (χ1) is 14.9. The molecule has 0 radical (unpaired) electrons. The molecule has 0 aliphatic rings. The van der Waals surface area contributed by atoms with Crippen molar-refractivity contribution in [2.75, 3.05) is 19.0 Å². The average Bonchev–Trinajstić information content (AvgIpc) is 3.06. The Morgan fingerprint density at radius 2 is 1.87 bits per heavy atom. The highest BCUT2D eigenvalue weighted by atomic mass is 35.5. The van der Waals surface area contributed by atoms with Crippen molar-refractivity contribution in [3.05, 3.63) is 69.6 Å². The van der Waals surface area contributed by atoms with Gasteiger partial charge in [0, 0.05) is 21.9 Å². The molecule has 2 aromatic carbocycles. The third-order valence-electron chi connectivity index (χ3n) is 4.65. The second kappa shape index (κ2) is 10.5. The van der Waals surface area contributed by atoms with Crippen molar-refractivity contribution >= 4 is 39.8 Å². The molecule has 1 heterocycles. The highest BCUT2D eigenvalue weighted by Gasteiger charge is 2.25. The van der Waals surface area contributed by atoms with Crippen LogP contribution in [0.4, 0.5) is 5.00 Å². The standard InChI is InChI=1S/C24H24ClNO4S/c1-15-7-4-10-19(13-15)30-12-6-11-20(27)26-23-22(24(28)29-3)21(16(2)31-23)17-8-5-9-18(25)14-17/h4-5,7-10,13-14H,6,11-12H2,1-3H3,(H,26,27). The van der Waals surface area contributed by atoms with E-state index in [-0.39, 0.29) is 12.3 Å². The molecular weight excluding hydrogens is 434 g/mol. The molecule has 1 aromatic heterocycles. The van der Waals surface area contributed by atoms with E-state index < -0.39 is 5.97 Å². The zero-order valence-corrected chi connectivity index (χ0v) is 19.2. The molecule has 7 heteroatoms. The Labute approximate surface area is 191 Å². The number of thiophene rings is 1. The molecule has 0 aliphatic carbocycles. The van der Waals surface area contributed by atoms with E-state index in [1.807, 2.05) is 50.2 Å². The number of hydrogen-bond acceptors (Lipinski definition) is 5. The highest BCUT2D eigenvalue weighted by molar-refractivity contribution is 7.17. The lowest BCUT2D eigenvalue weighted by Gasteiger charge is -2.09. The van der Waals surface area contributed by atoms with Crippen molar-refractivity contribution in [2.24, 2.45) is 0 Å². The van der Waals surface area contributed by atoms with Crippen molar-refractivity contribution in [3.8, 4) is 16.9 Å². The maximum atomic E-state index is 12.5. The fraction of sp³-hybridized carbons (Fsp3) is 0.250. The maximum Gasteiger partial charge on any atom is 0.341 e. The van der Waals surface area contributed by atoms with E-state index in [2.05, 4.69) is 5.32 Å². The number of anilines is 1. The molecule has 3 aromatic rings. The van der Waals surface area contributed by atoms with E-state index in [1.54, 1.807) is 12.1 Å². The number of esters is 1. The summed E-state index contributed by atoms with van der Waals surface area (Å²) < 4.78 is 10.7. The lowest BCUT2D eigenvalue weighted by Crippen LogP contribution is -2.15. The van der Waals surface area contributed by atoms with Gasteiger partial charge in [0.2, 0.25) is 5.91 Å². The number of ether oxygens (including phenoxy) is 2. The summed E-state index contributed by atoms with van der Waals surface area (Å²) in [4.78, 5) is 25.9. The molecule has 5 nitrogen and oxygen atoms in total. The summed E-state index contributed by atoms with van der Waals surface area (Å²) in [6, 6.07) is 15.0. The Morgan fingerprint density at radius 1 is 1.10 bits per heavy atom. The third kappa shape index (κ3) is 5.87. The Kier molecular flexibility index (Phi) is 7.71. The van der Waals surface area contributed by atoms with Crippen LogP contribution in [-0.2, 0) is 9.53 Å². The first-order valence-corrected chi connectivity index (χ1v) is 11.1. The van der Waals surface area contributed by atoms with Crippen LogP contribution in [0.2, 0.25) is 5.02 Å². The number of nitrogens with one attached hydrogen (secondary N) is 1. The molecule has 0 aliphatic heterocycles. The number of carbonyl (C=O) groups excluding carboxylic acids is 2. The molecule has 1 N–H and O–H groups in total. The predicted octanol–water partition coefficient (Wildman–Crippen LogP) is 6.27. The van der Waals surface area contributed by atoms with Gasteiger partial charge in [-0.3, -0.25) is 4.79 Å². The van der Waals surface area contributed by atoms with Crippen LogP contribution in [0.5, 0.6) is 5.75 Å². The topological polar surface area (TPSA) is 64.6 Å². The summed E-state index contributed by atoms with van der Waals surface area (Å²) in [6.07, 6.45) is 0.828. The van der Waals surface area contributed by atoms with Gasteiger partial charge in [0.05, 0.1) is 13.7 Å². The van der Waals surface area contributed by atoms with Crippen LogP contribution in [0, 0.1) is 13.8 Å². The Hall–Kier alpha value is -2.83. The zero-order chi connectivity index (χ0) is 22.4. The van der Waals surface area contributed by atoms with Gasteiger partial charge in [0.25, 0.3) is 0 Å². The Morgan fingerprint density at radius 3 is 2.58 bits per heavy atom. The summed E-state index contributed by atoms with van der Waals surface area (Å²) in [6.45, 7) is 4.33. The van der Waals surface area contributed by atoms with Crippen LogP contribution < -0.4 is 10.1 Å². The minimum atomic E-state index is -0.502. The fourth-order valence-corrected chi connectivity index (χ4v) is 4.51. The molecule has 0 unspecified atom stereocenters. The molecule has 0 bridgehead atoms. The van der Waals surface area contributed by atoms with Gasteiger partial charge in [-0.1, -0.05) is 35.9 Å². The van der Waals surface area contributed by atoms with Gasteiger partial charge in [-0.15, -0.1) is 11.3 Å². The molecule has 0 spiro atoms. The van der Waals surface area contributed by atoms with E-state index in [1.165, 1.54) is 18.4 Å². The van der Waals surface area contributed by atoms with Crippen molar-refractivity contribution in [2.45, 2.75) is 26.7 Å². The second-order valence-electron chi connectivity index (χ2n) is 7.06. The second-order valence-corrected chi connectivity index (χ2v) is 8.72. The minimum Gasteiger partial charge on any atom is -0.494 e. The quantitative estimate of drug-likeness (QED) is 0.320.